The maximum atomic E-state index is 13.2. The van der Waals surface area contributed by atoms with Gasteiger partial charge in [0.25, 0.3) is 5.91 Å². The normalized spacial score (nSPS) is 17.0. The second kappa shape index (κ2) is 11.1. The van der Waals surface area contributed by atoms with E-state index in [-0.39, 0.29) is 14.2 Å². The van der Waals surface area contributed by atoms with Gasteiger partial charge in [0.2, 0.25) is 5.95 Å². The van der Waals surface area contributed by atoms with Crippen molar-refractivity contribution in [3.63, 3.8) is 0 Å². The lowest BCUT2D eigenvalue weighted by molar-refractivity contribution is -0.102. The average Bonchev–Trinajstić information content (AvgIpc) is 3.34. The number of hydrogen-bond acceptors (Lipinski definition) is 9. The first kappa shape index (κ1) is 26.0. The number of nitrogens with zero attached hydrogens (tertiary/aromatic N) is 5. The van der Waals surface area contributed by atoms with Crippen molar-refractivity contribution in [2.75, 3.05) is 56.2 Å². The van der Waals surface area contributed by atoms with Gasteiger partial charge in [-0.05, 0) is 35.9 Å². The summed E-state index contributed by atoms with van der Waals surface area (Å²) in [7, 11) is 0. The van der Waals surface area contributed by atoms with Crippen molar-refractivity contribution in [1.82, 2.24) is 24.8 Å². The number of amides is 1. The summed E-state index contributed by atoms with van der Waals surface area (Å²) in [5, 5.41) is 7.62. The van der Waals surface area contributed by atoms with Crippen molar-refractivity contribution in [3.8, 4) is 0 Å². The van der Waals surface area contributed by atoms with Gasteiger partial charge in [-0.15, -0.1) is 11.8 Å². The standard InChI is InChI=1S/C29H33N7OS2.2H2/c1-20(11-30-27-31-13-23(38-2)14-32-27)12-33-28-34-24-9-8-22(10-25(24)39-28)26(37)36-18-29(19-36)16-35(17-29)15-21-6-4-3-5-7-21;;/h3-10,13-14,20H,11-12,15-19H2,1-2H3,(H,33,34)(H,30,31,32);2*1H/t20-;;/m0../s1. The molecule has 0 radical (unpaired) electrons. The molecule has 2 saturated heterocycles. The van der Waals surface area contributed by atoms with E-state index in [9.17, 15) is 4.79 Å². The van der Waals surface area contributed by atoms with E-state index in [1.807, 2.05) is 41.7 Å². The van der Waals surface area contributed by atoms with E-state index in [4.69, 9.17) is 4.98 Å². The van der Waals surface area contributed by atoms with Crippen LogP contribution in [0, 0.1) is 11.3 Å². The number of likely N-dealkylation sites (tertiary alicyclic amines) is 2. The molecule has 2 fully saturated rings. The van der Waals surface area contributed by atoms with E-state index in [1.165, 1.54) is 5.56 Å². The van der Waals surface area contributed by atoms with E-state index < -0.39 is 0 Å². The first-order chi connectivity index (χ1) is 19.0. The van der Waals surface area contributed by atoms with E-state index in [1.54, 1.807) is 23.1 Å². The molecular formula is C29H37N7OS2. The Morgan fingerprint density at radius 1 is 1.08 bits per heavy atom. The maximum absolute atomic E-state index is 13.2. The van der Waals surface area contributed by atoms with Crippen molar-refractivity contribution < 1.29 is 7.65 Å². The number of carbonyl (C=O) groups excluding carboxylic acids is 1. The minimum Gasteiger partial charge on any atom is -0.361 e. The van der Waals surface area contributed by atoms with Crippen LogP contribution in [0.3, 0.4) is 0 Å². The molecule has 1 amide bonds. The number of benzene rings is 2. The zero-order valence-electron chi connectivity index (χ0n) is 22.3. The lowest BCUT2D eigenvalue weighted by Gasteiger charge is -2.60. The fourth-order valence-corrected chi connectivity index (χ4v) is 6.62. The van der Waals surface area contributed by atoms with Gasteiger partial charge >= 0.3 is 0 Å². The molecule has 1 atom stereocenters. The summed E-state index contributed by atoms with van der Waals surface area (Å²) >= 11 is 3.23. The summed E-state index contributed by atoms with van der Waals surface area (Å²) in [6.07, 6.45) is 5.67. The first-order valence-electron chi connectivity index (χ1n) is 13.3. The van der Waals surface area contributed by atoms with Crippen molar-refractivity contribution in [2.45, 2.75) is 18.4 Å². The number of hydrogen-bond donors (Lipinski definition) is 2. The van der Waals surface area contributed by atoms with Gasteiger partial charge in [0.05, 0.1) is 10.2 Å². The zero-order valence-corrected chi connectivity index (χ0v) is 23.9. The molecule has 2 aromatic carbocycles. The van der Waals surface area contributed by atoms with E-state index in [0.717, 1.165) is 71.6 Å². The molecule has 206 valence electrons. The SMILES string of the molecule is CSc1cnc(NC[C@H](C)CNc2nc3ccc(C(=O)N4CC5(CN(Cc6ccccc6)C5)C4)cc3s2)nc1.[HH].[HH]. The number of anilines is 2. The number of fused-ring (bicyclic) bond motifs is 1. The number of thiazole rings is 1. The van der Waals surface area contributed by atoms with Crippen LogP contribution < -0.4 is 10.6 Å². The van der Waals surface area contributed by atoms with Gasteiger partial charge in [0.1, 0.15) is 0 Å². The third kappa shape index (κ3) is 5.88. The average molecular weight is 564 g/mol. The van der Waals surface area contributed by atoms with Gasteiger partial charge < -0.3 is 15.5 Å². The smallest absolute Gasteiger partial charge is 0.253 e. The minimum atomic E-state index is 0. The zero-order chi connectivity index (χ0) is 26.8. The second-order valence-corrected chi connectivity index (χ2v) is 12.7. The summed E-state index contributed by atoms with van der Waals surface area (Å²) in [5.41, 5.74) is 3.30. The highest BCUT2D eigenvalue weighted by Gasteiger charge is 2.52. The van der Waals surface area contributed by atoms with E-state index in [0.29, 0.717) is 11.9 Å². The Labute approximate surface area is 240 Å². The second-order valence-electron chi connectivity index (χ2n) is 10.8. The monoisotopic (exact) mass is 563 g/mol. The Morgan fingerprint density at radius 2 is 1.82 bits per heavy atom. The fraction of sp³-hybridized carbons (Fsp3) is 0.379. The molecule has 0 bridgehead atoms. The molecule has 2 aliphatic heterocycles. The number of nitrogens with one attached hydrogen (secondary N) is 2. The molecule has 6 rings (SSSR count). The number of aromatic nitrogens is 3. The third-order valence-corrected chi connectivity index (χ3v) is 9.07. The molecule has 4 aromatic rings. The Balaban J connectivity index is 0.00000194. The van der Waals surface area contributed by atoms with E-state index in [2.05, 4.69) is 62.8 Å². The Hall–Kier alpha value is -3.21. The molecule has 0 saturated carbocycles. The Morgan fingerprint density at radius 3 is 2.56 bits per heavy atom. The highest BCUT2D eigenvalue weighted by Crippen LogP contribution is 2.41. The quantitative estimate of drug-likeness (QED) is 0.248. The first-order valence-corrected chi connectivity index (χ1v) is 15.3. The van der Waals surface area contributed by atoms with E-state index >= 15 is 0 Å². The minimum absolute atomic E-state index is 0. The molecule has 1 spiro atoms. The highest BCUT2D eigenvalue weighted by molar-refractivity contribution is 7.98. The van der Waals surface area contributed by atoms with Crippen LogP contribution in [0.2, 0.25) is 0 Å². The third-order valence-electron chi connectivity index (χ3n) is 7.42. The lowest BCUT2D eigenvalue weighted by atomic mass is 9.72. The van der Waals surface area contributed by atoms with Gasteiger partial charge in [-0.1, -0.05) is 48.6 Å². The summed E-state index contributed by atoms with van der Waals surface area (Å²) in [6, 6.07) is 16.5. The molecule has 8 nitrogen and oxygen atoms in total. The van der Waals surface area contributed by atoms with Crippen LogP contribution in [0.1, 0.15) is 25.7 Å². The topological polar surface area (TPSA) is 86.3 Å². The Kier molecular flexibility index (Phi) is 7.42. The van der Waals surface area contributed by atoms with Crippen LogP contribution in [0.5, 0.6) is 0 Å². The predicted octanol–water partition coefficient (Wildman–Crippen LogP) is 5.42. The molecular weight excluding hydrogens is 527 g/mol. The fourth-order valence-electron chi connectivity index (χ4n) is 5.39. The molecule has 10 heteroatoms. The summed E-state index contributed by atoms with van der Waals surface area (Å²) < 4.78 is 1.03. The predicted molar refractivity (Wildman–Crippen MR) is 164 cm³/mol. The van der Waals surface area contributed by atoms with Crippen LogP contribution in [-0.4, -0.2) is 76.2 Å². The number of thioether (sulfide) groups is 1. The van der Waals surface area contributed by atoms with Crippen LogP contribution in [0.4, 0.5) is 11.1 Å². The number of carbonyl (C=O) groups is 1. The van der Waals surface area contributed by atoms with Crippen molar-refractivity contribution in [3.05, 3.63) is 72.1 Å². The highest BCUT2D eigenvalue weighted by atomic mass is 32.2. The molecule has 2 aromatic heterocycles. The van der Waals surface area contributed by atoms with Gasteiger partial charge in [0.15, 0.2) is 5.13 Å². The summed E-state index contributed by atoms with van der Waals surface area (Å²) in [5.74, 6) is 1.12. The van der Waals surface area contributed by atoms with Crippen LogP contribution in [-0.2, 0) is 6.54 Å². The van der Waals surface area contributed by atoms with Crippen molar-refractivity contribution >= 4 is 50.3 Å². The van der Waals surface area contributed by atoms with Crippen molar-refractivity contribution in [2.24, 2.45) is 11.3 Å². The summed E-state index contributed by atoms with van der Waals surface area (Å²) in [6.45, 7) is 8.54. The van der Waals surface area contributed by atoms with Crippen LogP contribution in [0.15, 0.2) is 65.8 Å². The van der Waals surface area contributed by atoms with Crippen LogP contribution in [0.25, 0.3) is 10.2 Å². The molecule has 4 heterocycles. The maximum Gasteiger partial charge on any atom is 0.253 e. The van der Waals surface area contributed by atoms with Gasteiger partial charge in [-0.25, -0.2) is 15.0 Å². The molecule has 2 aliphatic rings. The van der Waals surface area contributed by atoms with Crippen molar-refractivity contribution in [1.29, 1.82) is 0 Å². The van der Waals surface area contributed by atoms with Gasteiger partial charge in [-0.2, -0.15) is 0 Å². The van der Waals surface area contributed by atoms with Gasteiger partial charge in [0, 0.05) is 76.9 Å². The van der Waals surface area contributed by atoms with Gasteiger partial charge in [-0.3, -0.25) is 9.69 Å². The Bertz CT molecular complexity index is 1440. The number of rotatable bonds is 10. The molecule has 2 N–H and O–H groups in total. The largest absolute Gasteiger partial charge is 0.361 e. The summed E-state index contributed by atoms with van der Waals surface area (Å²) in [4.78, 5) is 32.1. The molecule has 0 unspecified atom stereocenters. The lowest BCUT2D eigenvalue weighted by Crippen LogP contribution is -2.72. The molecule has 0 aliphatic carbocycles. The van der Waals surface area contributed by atoms with Crippen LogP contribution >= 0.6 is 23.1 Å². The molecule has 39 heavy (non-hydrogen) atoms.